The van der Waals surface area contributed by atoms with Crippen LogP contribution < -0.4 is 4.90 Å². The van der Waals surface area contributed by atoms with Gasteiger partial charge in [-0.05, 0) is 31.4 Å². The van der Waals surface area contributed by atoms with E-state index in [0.717, 1.165) is 25.2 Å². The third kappa shape index (κ3) is 1.76. The fourth-order valence-corrected chi connectivity index (χ4v) is 2.26. The molecule has 0 amide bonds. The summed E-state index contributed by atoms with van der Waals surface area (Å²) in [6.45, 7) is 5.91. The summed E-state index contributed by atoms with van der Waals surface area (Å²) in [5.41, 5.74) is 1.66. The van der Waals surface area contributed by atoms with Gasteiger partial charge in [0, 0.05) is 24.3 Å². The maximum atomic E-state index is 13.8. The van der Waals surface area contributed by atoms with E-state index < -0.39 is 0 Å². The van der Waals surface area contributed by atoms with Crippen LogP contribution in [0.15, 0.2) is 12.1 Å². The Kier molecular flexibility index (Phi) is 2.82. The molecule has 0 bridgehead atoms. The first-order valence-electron chi connectivity index (χ1n) is 5.57. The fourth-order valence-electron chi connectivity index (χ4n) is 2.26. The molecule has 0 spiro atoms. The minimum atomic E-state index is -0.375. The van der Waals surface area contributed by atoms with Gasteiger partial charge in [0.25, 0.3) is 0 Å². The molecule has 1 aliphatic rings. The molecule has 0 aromatic heterocycles. The second-order valence-corrected chi connectivity index (χ2v) is 4.52. The normalized spacial score (nSPS) is 19.9. The number of hydrogen-bond donors (Lipinski definition) is 0. The third-order valence-electron chi connectivity index (χ3n) is 3.24. The minimum absolute atomic E-state index is 0.133. The van der Waals surface area contributed by atoms with E-state index in [-0.39, 0.29) is 11.4 Å². The minimum Gasteiger partial charge on any atom is -0.371 e. The van der Waals surface area contributed by atoms with Gasteiger partial charge >= 0.3 is 0 Å². The molecule has 2 nitrogen and oxygen atoms in total. The van der Waals surface area contributed by atoms with Gasteiger partial charge in [-0.25, -0.2) is 4.39 Å². The van der Waals surface area contributed by atoms with Crippen LogP contribution in [-0.2, 0) is 0 Å². The van der Waals surface area contributed by atoms with E-state index in [0.29, 0.717) is 11.5 Å². The maximum Gasteiger partial charge on any atom is 0.145 e. The zero-order valence-corrected chi connectivity index (χ0v) is 9.63. The summed E-state index contributed by atoms with van der Waals surface area (Å²) in [6.07, 6.45) is 1.15. The molecule has 0 N–H and O–H groups in total. The highest BCUT2D eigenvalue weighted by atomic mass is 19.1. The van der Waals surface area contributed by atoms with Crippen LogP contribution in [0.25, 0.3) is 0 Å². The summed E-state index contributed by atoms with van der Waals surface area (Å²) in [5.74, 6) is 0.289. The van der Waals surface area contributed by atoms with Crippen LogP contribution in [0.1, 0.15) is 24.5 Å². The van der Waals surface area contributed by atoms with Crippen molar-refractivity contribution in [2.24, 2.45) is 5.92 Å². The maximum absolute atomic E-state index is 13.8. The van der Waals surface area contributed by atoms with Crippen LogP contribution in [-0.4, -0.2) is 13.1 Å². The Balaban J connectivity index is 2.37. The number of benzene rings is 1. The van der Waals surface area contributed by atoms with Crippen molar-refractivity contribution in [3.8, 4) is 6.07 Å². The Morgan fingerprint density at radius 1 is 1.50 bits per heavy atom. The van der Waals surface area contributed by atoms with Gasteiger partial charge in [-0.1, -0.05) is 6.92 Å². The Morgan fingerprint density at radius 2 is 2.25 bits per heavy atom. The van der Waals surface area contributed by atoms with E-state index in [9.17, 15) is 4.39 Å². The fraction of sp³-hybridized carbons (Fsp3) is 0.462. The van der Waals surface area contributed by atoms with E-state index in [2.05, 4.69) is 11.8 Å². The van der Waals surface area contributed by atoms with E-state index >= 15 is 0 Å². The van der Waals surface area contributed by atoms with E-state index in [1.807, 2.05) is 12.1 Å². The predicted octanol–water partition coefficient (Wildman–Crippen LogP) is 2.85. The summed E-state index contributed by atoms with van der Waals surface area (Å²) in [4.78, 5) is 2.20. The molecular formula is C13H15FN2. The lowest BCUT2D eigenvalue weighted by molar-refractivity contribution is 0.613. The van der Waals surface area contributed by atoms with Gasteiger partial charge < -0.3 is 4.90 Å². The van der Waals surface area contributed by atoms with Gasteiger partial charge in [-0.3, -0.25) is 0 Å². The van der Waals surface area contributed by atoms with E-state index in [1.165, 1.54) is 0 Å². The van der Waals surface area contributed by atoms with Crippen LogP contribution >= 0.6 is 0 Å². The van der Waals surface area contributed by atoms with Crippen LogP contribution in [0, 0.1) is 30.0 Å². The molecule has 3 heteroatoms. The quantitative estimate of drug-likeness (QED) is 0.724. The molecule has 1 fully saturated rings. The lowest BCUT2D eigenvalue weighted by Gasteiger charge is -2.21. The molecule has 0 radical (unpaired) electrons. The second kappa shape index (κ2) is 4.13. The summed E-state index contributed by atoms with van der Waals surface area (Å²) >= 11 is 0. The van der Waals surface area contributed by atoms with E-state index in [4.69, 9.17) is 5.26 Å². The van der Waals surface area contributed by atoms with Gasteiger partial charge in [0.05, 0.1) is 5.56 Å². The molecule has 2 rings (SSSR count). The zero-order valence-electron chi connectivity index (χ0n) is 9.63. The zero-order chi connectivity index (χ0) is 11.7. The van der Waals surface area contributed by atoms with Gasteiger partial charge in [0.1, 0.15) is 11.9 Å². The highest BCUT2D eigenvalue weighted by Gasteiger charge is 2.21. The van der Waals surface area contributed by atoms with Crippen LogP contribution in [0.3, 0.4) is 0 Å². The lowest BCUT2D eigenvalue weighted by Crippen LogP contribution is -2.20. The van der Waals surface area contributed by atoms with Crippen molar-refractivity contribution in [1.82, 2.24) is 0 Å². The summed E-state index contributed by atoms with van der Waals surface area (Å²) in [7, 11) is 0. The number of halogens is 1. The van der Waals surface area contributed by atoms with Crippen molar-refractivity contribution in [1.29, 1.82) is 5.26 Å². The van der Waals surface area contributed by atoms with Crippen molar-refractivity contribution < 1.29 is 4.39 Å². The summed E-state index contributed by atoms with van der Waals surface area (Å²) in [6, 6.07) is 5.30. The standard InChI is InChI=1S/C13H15FN2/c1-9-5-6-16(8-9)12-4-3-11(7-15)13(14)10(12)2/h3-4,9H,5-6,8H2,1-2H3/t9-/m1/s1. The average Bonchev–Trinajstić information content (AvgIpc) is 2.69. The SMILES string of the molecule is Cc1c(N2CC[C@@H](C)C2)ccc(C#N)c1F. The number of nitriles is 1. The summed E-state index contributed by atoms with van der Waals surface area (Å²) in [5, 5.41) is 8.74. The first-order valence-corrected chi connectivity index (χ1v) is 5.57. The number of hydrogen-bond acceptors (Lipinski definition) is 2. The first-order chi connectivity index (χ1) is 7.63. The van der Waals surface area contributed by atoms with Crippen molar-refractivity contribution in [3.05, 3.63) is 29.1 Å². The Hall–Kier alpha value is -1.56. The topological polar surface area (TPSA) is 27.0 Å². The van der Waals surface area contributed by atoms with E-state index in [1.54, 1.807) is 13.0 Å². The van der Waals surface area contributed by atoms with Crippen molar-refractivity contribution >= 4 is 5.69 Å². The largest absolute Gasteiger partial charge is 0.371 e. The summed E-state index contributed by atoms with van der Waals surface area (Å²) < 4.78 is 13.8. The number of rotatable bonds is 1. The van der Waals surface area contributed by atoms with Gasteiger partial charge in [0.15, 0.2) is 0 Å². The molecule has 1 atom stereocenters. The Labute approximate surface area is 95.3 Å². The Bertz CT molecular complexity index is 448. The molecule has 1 aromatic carbocycles. The molecule has 1 saturated heterocycles. The smallest absolute Gasteiger partial charge is 0.145 e. The molecule has 1 aliphatic heterocycles. The first kappa shape index (κ1) is 10.9. The third-order valence-corrected chi connectivity index (χ3v) is 3.24. The van der Waals surface area contributed by atoms with Crippen LogP contribution in [0.5, 0.6) is 0 Å². The van der Waals surface area contributed by atoms with Crippen molar-refractivity contribution in [3.63, 3.8) is 0 Å². The average molecular weight is 218 g/mol. The second-order valence-electron chi connectivity index (χ2n) is 4.52. The van der Waals surface area contributed by atoms with Gasteiger partial charge in [-0.15, -0.1) is 0 Å². The molecule has 1 heterocycles. The highest BCUT2D eigenvalue weighted by molar-refractivity contribution is 5.57. The molecule has 0 saturated carbocycles. The molecule has 84 valence electrons. The van der Waals surface area contributed by atoms with Gasteiger partial charge in [-0.2, -0.15) is 5.26 Å². The molecule has 16 heavy (non-hydrogen) atoms. The number of nitrogens with zero attached hydrogens (tertiary/aromatic N) is 2. The molecule has 1 aromatic rings. The van der Waals surface area contributed by atoms with Crippen molar-refractivity contribution in [2.45, 2.75) is 20.3 Å². The lowest BCUT2D eigenvalue weighted by atomic mass is 10.1. The number of anilines is 1. The van der Waals surface area contributed by atoms with Gasteiger partial charge in [0.2, 0.25) is 0 Å². The van der Waals surface area contributed by atoms with Crippen LogP contribution in [0.4, 0.5) is 10.1 Å². The predicted molar refractivity (Wildman–Crippen MR) is 61.8 cm³/mol. The highest BCUT2D eigenvalue weighted by Crippen LogP contribution is 2.29. The monoisotopic (exact) mass is 218 g/mol. The van der Waals surface area contributed by atoms with Crippen molar-refractivity contribution in [2.75, 3.05) is 18.0 Å². The molecular weight excluding hydrogens is 203 g/mol. The molecule has 0 aliphatic carbocycles. The Morgan fingerprint density at radius 3 is 2.81 bits per heavy atom. The van der Waals surface area contributed by atoms with Crippen LogP contribution in [0.2, 0.25) is 0 Å². The molecule has 0 unspecified atom stereocenters.